The van der Waals surface area contributed by atoms with Gasteiger partial charge >= 0.3 is 0 Å². The summed E-state index contributed by atoms with van der Waals surface area (Å²) in [6.45, 7) is 14.3. The highest BCUT2D eigenvalue weighted by Crippen LogP contribution is 2.34. The monoisotopic (exact) mass is 1110 g/mol. The minimum absolute atomic E-state index is 0.0330. The molecule has 0 spiro atoms. The molecule has 8 rings (SSSR count). The molecule has 4 amide bonds. The fourth-order valence-corrected chi connectivity index (χ4v) is 12.0. The number of anilines is 3. The van der Waals surface area contributed by atoms with Crippen molar-refractivity contribution < 1.29 is 34.1 Å². The number of thiazole rings is 1. The van der Waals surface area contributed by atoms with E-state index in [1.54, 1.807) is 35.6 Å². The Kier molecular flexibility index (Phi) is 20.8. The number of hydrogen-bond acceptors (Lipinski definition) is 14. The molecule has 3 fully saturated rings. The van der Waals surface area contributed by atoms with Crippen LogP contribution < -0.4 is 30.9 Å². The number of rotatable bonds is 24. The first-order chi connectivity index (χ1) is 38.5. The number of aryl methyl sites for hydroxylation is 1. The molecule has 5 atom stereocenters. The molecular weight excluding hydrogens is 1030 g/mol. The molecule has 2 aromatic heterocycles. The number of piperazine rings is 1. The van der Waals surface area contributed by atoms with Crippen molar-refractivity contribution in [2.45, 2.75) is 161 Å². The molecular formula is C62H84N10O7S. The number of nitrogens with one attached hydrogen (secondary N) is 2. The van der Waals surface area contributed by atoms with Gasteiger partial charge in [-0.2, -0.15) is 0 Å². The number of aliphatic hydroxyl groups is 1. The molecule has 3 aliphatic heterocycles. The van der Waals surface area contributed by atoms with E-state index in [0.717, 1.165) is 143 Å². The lowest BCUT2D eigenvalue weighted by molar-refractivity contribution is -0.144. The number of carbonyl (C=O) groups excluding carboxylic acids is 4. The van der Waals surface area contributed by atoms with Gasteiger partial charge in [0.25, 0.3) is 0 Å². The van der Waals surface area contributed by atoms with E-state index >= 15 is 0 Å². The quantitative estimate of drug-likeness (QED) is 0.0364. The van der Waals surface area contributed by atoms with Crippen molar-refractivity contribution in [1.29, 1.82) is 0 Å². The summed E-state index contributed by atoms with van der Waals surface area (Å²) in [5, 5.41) is 35.4. The van der Waals surface area contributed by atoms with Crippen molar-refractivity contribution in [2.75, 3.05) is 61.3 Å². The number of phenols is 1. The molecule has 17 nitrogen and oxygen atoms in total. The second-order valence-corrected chi connectivity index (χ2v) is 24.0. The fourth-order valence-electron chi connectivity index (χ4n) is 11.2. The van der Waals surface area contributed by atoms with Gasteiger partial charge in [-0.1, -0.05) is 109 Å². The van der Waals surface area contributed by atoms with Gasteiger partial charge in [0.1, 0.15) is 29.6 Å². The summed E-state index contributed by atoms with van der Waals surface area (Å²) in [6, 6.07) is 23.4. The molecule has 3 saturated heterocycles. The number of piperidine rings is 1. The molecule has 5 unspecified atom stereocenters. The minimum atomic E-state index is -0.848. The number of carbonyl (C=O) groups is 4. The number of amides is 4. The Hall–Kier alpha value is -6.79. The number of β-amino-alcohol motifs (C(OH)–C–C–N with tert-alkyl or cyclic N) is 1. The molecule has 18 heteroatoms. The Morgan fingerprint density at radius 3 is 2.06 bits per heavy atom. The highest BCUT2D eigenvalue weighted by atomic mass is 32.1. The van der Waals surface area contributed by atoms with E-state index in [0.29, 0.717) is 36.4 Å². The van der Waals surface area contributed by atoms with Crippen LogP contribution in [-0.4, -0.2) is 129 Å². The number of unbranched alkanes of at least 4 members (excludes halogenated alkanes) is 9. The zero-order valence-corrected chi connectivity index (χ0v) is 48.4. The van der Waals surface area contributed by atoms with Crippen LogP contribution in [0.5, 0.6) is 11.5 Å². The van der Waals surface area contributed by atoms with Crippen LogP contribution in [0.4, 0.5) is 17.2 Å². The van der Waals surface area contributed by atoms with Gasteiger partial charge in [-0.25, -0.2) is 4.98 Å². The molecule has 80 heavy (non-hydrogen) atoms. The summed E-state index contributed by atoms with van der Waals surface area (Å²) in [6.07, 6.45) is 12.4. The number of aromatic nitrogens is 3. The number of nitrogens with zero attached hydrogens (tertiary/aromatic N) is 7. The van der Waals surface area contributed by atoms with Gasteiger partial charge in [-0.3, -0.25) is 19.2 Å². The van der Waals surface area contributed by atoms with Crippen LogP contribution in [0, 0.1) is 12.3 Å². The smallest absolute Gasteiger partial charge is 0.246 e. The highest BCUT2D eigenvalue weighted by Gasteiger charge is 2.45. The maximum atomic E-state index is 14.1. The van der Waals surface area contributed by atoms with Gasteiger partial charge in [0.2, 0.25) is 23.6 Å². The lowest BCUT2D eigenvalue weighted by Crippen LogP contribution is -2.57. The summed E-state index contributed by atoms with van der Waals surface area (Å²) in [5.41, 5.74) is 13.7. The number of benzene rings is 3. The van der Waals surface area contributed by atoms with Crippen molar-refractivity contribution in [1.82, 2.24) is 35.6 Å². The molecule has 0 aliphatic carbocycles. The Morgan fingerprint density at radius 2 is 1.43 bits per heavy atom. The molecule has 0 bridgehead atoms. The lowest BCUT2D eigenvalue weighted by atomic mass is 9.85. The minimum Gasteiger partial charge on any atom is -0.507 e. The Labute approximate surface area is 476 Å². The van der Waals surface area contributed by atoms with Gasteiger partial charge in [0.05, 0.1) is 34.8 Å². The Bertz CT molecular complexity index is 2830. The molecule has 5 aromatic rings. The molecule has 0 saturated carbocycles. The molecule has 3 aliphatic rings. The third-order valence-corrected chi connectivity index (χ3v) is 16.9. The first-order valence-electron chi connectivity index (χ1n) is 29.1. The fraction of sp³-hybridized carbons (Fsp3) is 0.532. The second kappa shape index (κ2) is 28.1. The van der Waals surface area contributed by atoms with Gasteiger partial charge in [-0.15, -0.1) is 21.5 Å². The van der Waals surface area contributed by atoms with Crippen LogP contribution >= 0.6 is 11.3 Å². The molecule has 5 heterocycles. The SMILES string of the molecule is Cc1ncsc1-c1ccc(C(C)NC(=O)C2CC(O)CN2C(=O)C(NC(=O)CCCCCCCCCCCCC(=O)N2CCN(c3ccc(N4CCCC(Oc5cc(-c6ccccc6O)nnc5N)C4)cc3)CC2)C(C)(C)C)cc1. The second-order valence-electron chi connectivity index (χ2n) is 23.1. The van der Waals surface area contributed by atoms with Gasteiger partial charge in [-0.05, 0) is 92.5 Å². The molecule has 430 valence electrons. The van der Waals surface area contributed by atoms with E-state index in [-0.39, 0.29) is 60.3 Å². The topological polar surface area (TPSA) is 220 Å². The largest absolute Gasteiger partial charge is 0.507 e. The molecule has 6 N–H and O–H groups in total. The summed E-state index contributed by atoms with van der Waals surface area (Å²) in [5.74, 6) is 0.191. The first-order valence-corrected chi connectivity index (χ1v) is 29.9. The van der Waals surface area contributed by atoms with Crippen LogP contribution in [0.15, 0.2) is 84.4 Å². The molecule has 3 aromatic carbocycles. The maximum Gasteiger partial charge on any atom is 0.246 e. The maximum absolute atomic E-state index is 14.1. The third kappa shape index (κ3) is 16.0. The first kappa shape index (κ1) is 59.3. The lowest BCUT2D eigenvalue weighted by Gasteiger charge is -2.37. The summed E-state index contributed by atoms with van der Waals surface area (Å²) in [7, 11) is 0. The Morgan fingerprint density at radius 1 is 0.787 bits per heavy atom. The number of phenolic OH excluding ortho intramolecular Hbond substituents is 1. The summed E-state index contributed by atoms with van der Waals surface area (Å²) >= 11 is 1.59. The third-order valence-electron chi connectivity index (χ3n) is 16.0. The van der Waals surface area contributed by atoms with E-state index < -0.39 is 23.6 Å². The van der Waals surface area contributed by atoms with E-state index in [1.165, 1.54) is 4.90 Å². The standard InChI is InChI=1S/C62H84N10O7S/c1-42(44-24-26-45(27-25-44)57-43(2)64-41-80-57)65-60(77)52-37-48(73)39-72(52)61(78)58(62(3,4)5)66-55(75)22-14-12-10-8-6-7-9-11-13-15-23-56(76)70-35-33-69(34-36-70)46-28-30-47(31-29-46)71-32-18-19-49(40-71)79-54-38-51(67-68-59(54)63)50-20-16-17-21-53(50)74/h16-17,20-21,24-31,38,41-42,48-49,52,58,73-74H,6-15,18-19,22-23,32-37,39-40H2,1-5H3,(H2,63,68)(H,65,77)(H,66,75). The zero-order valence-electron chi connectivity index (χ0n) is 47.6. The van der Waals surface area contributed by atoms with Crippen molar-refractivity contribution in [3.63, 3.8) is 0 Å². The van der Waals surface area contributed by atoms with Crippen LogP contribution in [0.1, 0.15) is 141 Å². The Balaban J connectivity index is 0.656. The van der Waals surface area contributed by atoms with Gasteiger partial charge in [0.15, 0.2) is 11.6 Å². The van der Waals surface area contributed by atoms with Crippen molar-refractivity contribution in [3.8, 4) is 33.2 Å². The van der Waals surface area contributed by atoms with Crippen LogP contribution in [0.3, 0.4) is 0 Å². The van der Waals surface area contributed by atoms with E-state index in [2.05, 4.69) is 59.9 Å². The van der Waals surface area contributed by atoms with Gasteiger partial charge in [0, 0.05) is 81.5 Å². The number of aliphatic hydroxyl groups excluding tert-OH is 1. The molecule has 0 radical (unpaired) electrons. The van der Waals surface area contributed by atoms with Crippen molar-refractivity contribution in [3.05, 3.63) is 95.6 Å². The predicted octanol–water partition coefficient (Wildman–Crippen LogP) is 9.61. The number of nitrogen functional groups attached to an aromatic ring is 1. The van der Waals surface area contributed by atoms with Crippen LogP contribution in [-0.2, 0) is 19.2 Å². The number of hydrogen-bond donors (Lipinski definition) is 5. The number of para-hydroxylation sites is 1. The van der Waals surface area contributed by atoms with E-state index in [9.17, 15) is 29.4 Å². The average molecular weight is 1110 g/mol. The predicted molar refractivity (Wildman–Crippen MR) is 316 cm³/mol. The van der Waals surface area contributed by atoms with Crippen molar-refractivity contribution in [2.24, 2.45) is 5.41 Å². The number of likely N-dealkylation sites (tertiary alicyclic amines) is 1. The summed E-state index contributed by atoms with van der Waals surface area (Å²) in [4.78, 5) is 67.8. The van der Waals surface area contributed by atoms with Crippen LogP contribution in [0.2, 0.25) is 0 Å². The number of nitrogens with two attached hydrogens (primary N) is 1. The average Bonchev–Trinajstić information content (AvgIpc) is 4.11. The highest BCUT2D eigenvalue weighted by molar-refractivity contribution is 7.13. The summed E-state index contributed by atoms with van der Waals surface area (Å²) < 4.78 is 6.39. The van der Waals surface area contributed by atoms with Crippen molar-refractivity contribution >= 4 is 52.2 Å². The van der Waals surface area contributed by atoms with E-state index in [1.807, 2.05) is 75.4 Å². The number of aromatic hydroxyl groups is 1. The number of ether oxygens (including phenoxy) is 1. The normalized spacial score (nSPS) is 18.4. The van der Waals surface area contributed by atoms with E-state index in [4.69, 9.17) is 10.5 Å². The van der Waals surface area contributed by atoms with Gasteiger partial charge < -0.3 is 50.9 Å². The van der Waals surface area contributed by atoms with Crippen LogP contribution in [0.25, 0.3) is 21.7 Å². The zero-order chi connectivity index (χ0) is 56.8.